The minimum Gasteiger partial charge on any atom is -0.772 e. The largest absolute Gasteiger partial charge is 0.772 e. The summed E-state index contributed by atoms with van der Waals surface area (Å²) in [6, 6.07) is 5.45. The molecule has 0 saturated heterocycles. The summed E-state index contributed by atoms with van der Waals surface area (Å²) in [5.74, 6) is 0.00755. The number of hydrogen-bond donors (Lipinski definition) is 1. The molecule has 1 amide bonds. The number of benzene rings is 1. The second kappa shape index (κ2) is 5.77. The van der Waals surface area contributed by atoms with E-state index in [2.05, 4.69) is 5.32 Å². The Labute approximate surface area is 97.3 Å². The van der Waals surface area contributed by atoms with Crippen LogP contribution in [0.15, 0.2) is 18.2 Å². The Morgan fingerprint density at radius 1 is 1.50 bits per heavy atom. The highest BCUT2D eigenvalue weighted by atomic mass is 32.2. The van der Waals surface area contributed by atoms with Crippen LogP contribution in [0.25, 0.3) is 0 Å². The molecule has 0 aliphatic heterocycles. The van der Waals surface area contributed by atoms with Crippen molar-refractivity contribution in [1.82, 2.24) is 0 Å². The van der Waals surface area contributed by atoms with E-state index in [9.17, 15) is 13.6 Å². The first kappa shape index (κ1) is 12.9. The number of nitrogens with one attached hydrogen (secondary N) is 1. The van der Waals surface area contributed by atoms with E-state index in [0.29, 0.717) is 6.42 Å². The lowest BCUT2D eigenvalue weighted by atomic mass is 10.1. The molecule has 0 saturated carbocycles. The van der Waals surface area contributed by atoms with Crippen LogP contribution < -0.4 is 5.32 Å². The first-order valence-corrected chi connectivity index (χ1v) is 6.16. The molecule has 4 nitrogen and oxygen atoms in total. The fourth-order valence-electron chi connectivity index (χ4n) is 1.45. The fourth-order valence-corrected chi connectivity index (χ4v) is 1.84. The number of carbonyl (C=O) groups excluding carboxylic acids is 1. The molecule has 1 rings (SSSR count). The van der Waals surface area contributed by atoms with Crippen molar-refractivity contribution < 1.29 is 13.6 Å². The van der Waals surface area contributed by atoms with Crippen LogP contribution in [-0.4, -0.2) is 20.4 Å². The topological polar surface area (TPSA) is 69.2 Å². The van der Waals surface area contributed by atoms with E-state index in [1.54, 1.807) is 6.07 Å². The van der Waals surface area contributed by atoms with Crippen LogP contribution in [-0.2, 0) is 22.3 Å². The maximum Gasteiger partial charge on any atom is 0.221 e. The van der Waals surface area contributed by atoms with Gasteiger partial charge in [-0.2, -0.15) is 0 Å². The number of anilines is 1. The van der Waals surface area contributed by atoms with Gasteiger partial charge in [0.1, 0.15) is 0 Å². The first-order chi connectivity index (χ1) is 7.49. The Morgan fingerprint density at radius 3 is 2.69 bits per heavy atom. The maximum atomic E-state index is 10.8. The number of carbonyl (C=O) groups is 1. The molecule has 0 aliphatic carbocycles. The zero-order valence-corrected chi connectivity index (χ0v) is 10.1. The summed E-state index contributed by atoms with van der Waals surface area (Å²) in [5, 5.41) is 2.68. The molecular weight excluding hydrogens is 226 g/mol. The molecule has 0 aromatic heterocycles. The summed E-state index contributed by atoms with van der Waals surface area (Å²) in [4.78, 5) is 10.8. The fraction of sp³-hybridized carbons (Fsp3) is 0.364. The van der Waals surface area contributed by atoms with Gasteiger partial charge >= 0.3 is 0 Å². The smallest absolute Gasteiger partial charge is 0.221 e. The third-order valence-corrected chi connectivity index (χ3v) is 2.74. The minimum atomic E-state index is -2.01. The number of hydrogen-bond acceptors (Lipinski definition) is 3. The third kappa shape index (κ3) is 4.12. The SMILES string of the molecule is CC(=O)Nc1ccc(CCS(=O)[O-])c(C)c1. The maximum absolute atomic E-state index is 10.8. The van der Waals surface area contributed by atoms with E-state index in [1.165, 1.54) is 6.92 Å². The van der Waals surface area contributed by atoms with Crippen molar-refractivity contribution in [3.8, 4) is 0 Å². The van der Waals surface area contributed by atoms with Crippen molar-refractivity contribution in [1.29, 1.82) is 0 Å². The molecule has 1 atom stereocenters. The second-order valence-electron chi connectivity index (χ2n) is 3.58. The minimum absolute atomic E-state index is 0.118. The molecule has 0 fully saturated rings. The van der Waals surface area contributed by atoms with Crippen molar-refractivity contribution >= 4 is 22.7 Å². The molecule has 0 bridgehead atoms. The van der Waals surface area contributed by atoms with Crippen molar-refractivity contribution in [3.05, 3.63) is 29.3 Å². The van der Waals surface area contributed by atoms with Gasteiger partial charge in [-0.25, -0.2) is 0 Å². The summed E-state index contributed by atoms with van der Waals surface area (Å²) in [5.41, 5.74) is 2.70. The normalized spacial score (nSPS) is 12.2. The van der Waals surface area contributed by atoms with Gasteiger partial charge in [0.25, 0.3) is 0 Å². The van der Waals surface area contributed by atoms with E-state index in [1.807, 2.05) is 19.1 Å². The summed E-state index contributed by atoms with van der Waals surface area (Å²) < 4.78 is 20.9. The van der Waals surface area contributed by atoms with Gasteiger partial charge in [-0.1, -0.05) is 17.1 Å². The van der Waals surface area contributed by atoms with E-state index >= 15 is 0 Å². The molecular formula is C11H14NO3S-. The zero-order valence-electron chi connectivity index (χ0n) is 9.28. The van der Waals surface area contributed by atoms with E-state index < -0.39 is 11.1 Å². The molecule has 1 unspecified atom stereocenters. The van der Waals surface area contributed by atoms with E-state index in [-0.39, 0.29) is 11.7 Å². The van der Waals surface area contributed by atoms with Crippen LogP contribution in [0.3, 0.4) is 0 Å². The Hall–Kier alpha value is -1.20. The molecule has 0 heterocycles. The van der Waals surface area contributed by atoms with Crippen molar-refractivity contribution in [2.24, 2.45) is 0 Å². The van der Waals surface area contributed by atoms with E-state index in [0.717, 1.165) is 16.8 Å². The van der Waals surface area contributed by atoms with Crippen molar-refractivity contribution in [3.63, 3.8) is 0 Å². The number of rotatable bonds is 4. The molecule has 5 heteroatoms. The first-order valence-electron chi connectivity index (χ1n) is 4.92. The van der Waals surface area contributed by atoms with Crippen LogP contribution in [0.2, 0.25) is 0 Å². The quantitative estimate of drug-likeness (QED) is 0.808. The molecule has 1 aromatic rings. The molecule has 0 aliphatic rings. The average Bonchev–Trinajstić information content (AvgIpc) is 2.15. The average molecular weight is 240 g/mol. The van der Waals surface area contributed by atoms with Gasteiger partial charge in [0, 0.05) is 18.4 Å². The molecule has 16 heavy (non-hydrogen) atoms. The summed E-state index contributed by atoms with van der Waals surface area (Å²) in [6.45, 7) is 3.35. The second-order valence-corrected chi connectivity index (χ2v) is 4.60. The van der Waals surface area contributed by atoms with Crippen LogP contribution >= 0.6 is 0 Å². The molecule has 0 radical (unpaired) electrons. The number of amides is 1. The molecule has 1 aromatic carbocycles. The van der Waals surface area contributed by atoms with Crippen LogP contribution in [0.5, 0.6) is 0 Å². The van der Waals surface area contributed by atoms with Gasteiger partial charge in [-0.05, 0) is 36.6 Å². The Bertz CT molecular complexity index is 418. The molecule has 1 N–H and O–H groups in total. The summed E-state index contributed by atoms with van der Waals surface area (Å²) in [6.07, 6.45) is 0.502. The van der Waals surface area contributed by atoms with Gasteiger partial charge in [-0.3, -0.25) is 9.00 Å². The molecule has 0 spiro atoms. The standard InChI is InChI=1S/C11H15NO3S/c1-8-7-11(12-9(2)13)4-3-10(8)5-6-16(14)15/h3-4,7H,5-6H2,1-2H3,(H,12,13)(H,14,15)/p-1. The lowest BCUT2D eigenvalue weighted by Gasteiger charge is -2.10. The zero-order chi connectivity index (χ0) is 12.1. The van der Waals surface area contributed by atoms with Gasteiger partial charge in [-0.15, -0.1) is 0 Å². The summed E-state index contributed by atoms with van der Waals surface area (Å²) in [7, 11) is 0. The third-order valence-electron chi connectivity index (χ3n) is 2.20. The van der Waals surface area contributed by atoms with Gasteiger partial charge < -0.3 is 9.87 Å². The van der Waals surface area contributed by atoms with Crippen molar-refractivity contribution in [2.45, 2.75) is 20.3 Å². The lowest BCUT2D eigenvalue weighted by Crippen LogP contribution is -2.07. The van der Waals surface area contributed by atoms with Gasteiger partial charge in [0.15, 0.2) is 0 Å². The number of aryl methyl sites for hydroxylation is 2. The van der Waals surface area contributed by atoms with Crippen molar-refractivity contribution in [2.75, 3.05) is 11.1 Å². The van der Waals surface area contributed by atoms with Gasteiger partial charge in [0.2, 0.25) is 5.91 Å². The summed E-state index contributed by atoms with van der Waals surface area (Å²) >= 11 is -2.01. The highest BCUT2D eigenvalue weighted by Crippen LogP contribution is 2.15. The highest BCUT2D eigenvalue weighted by Gasteiger charge is 2.01. The lowest BCUT2D eigenvalue weighted by molar-refractivity contribution is -0.114. The Kier molecular flexibility index (Phi) is 4.64. The Balaban J connectivity index is 2.75. The van der Waals surface area contributed by atoms with Crippen LogP contribution in [0.4, 0.5) is 5.69 Å². The van der Waals surface area contributed by atoms with Gasteiger partial charge in [0.05, 0.1) is 0 Å². The van der Waals surface area contributed by atoms with E-state index in [4.69, 9.17) is 0 Å². The van der Waals surface area contributed by atoms with Crippen LogP contribution in [0.1, 0.15) is 18.1 Å². The predicted molar refractivity (Wildman–Crippen MR) is 63.0 cm³/mol. The van der Waals surface area contributed by atoms with Crippen LogP contribution in [0, 0.1) is 6.92 Å². The monoisotopic (exact) mass is 240 g/mol. The molecule has 88 valence electrons. The highest BCUT2D eigenvalue weighted by molar-refractivity contribution is 7.79. The Morgan fingerprint density at radius 2 is 2.19 bits per heavy atom. The predicted octanol–water partition coefficient (Wildman–Crippen LogP) is 1.38.